The highest BCUT2D eigenvalue weighted by Gasteiger charge is 2.37. The number of benzene rings is 1. The Morgan fingerprint density at radius 1 is 1.09 bits per heavy atom. The number of rotatable bonds is 11. The molecule has 0 fully saturated rings. The largest absolute Gasteiger partial charge is 0.423 e. The van der Waals surface area contributed by atoms with Crippen molar-refractivity contribution in [2.24, 2.45) is 0 Å². The van der Waals surface area contributed by atoms with Gasteiger partial charge in [-0.3, -0.25) is 14.2 Å². The topological polar surface area (TPSA) is 154 Å². The first-order chi connectivity index (χ1) is 20.3. The molecule has 4 N–H and O–H groups in total. The van der Waals surface area contributed by atoms with Gasteiger partial charge in [-0.05, 0) is 25.0 Å². The standard InChI is InChI=1S/C24H20F8N8O3/c25-14-4-12-15(5-11(14)20-34-6-13(18(26)27)19(33)38-20)35-9-40(22(12)42)3-1-2-10(8-43-23(28)29)37-16-7-36-39-21(41)17(16)24(30,31)32/h4-7,9-10,18,23H,1-3,8H2,(H2,33,34,38)(H2,37,39,41). The first-order valence-electron chi connectivity index (χ1n) is 12.2. The number of aryl methyl sites for hydroxylation is 1. The number of ether oxygens (including phenoxy) is 1. The van der Waals surface area contributed by atoms with E-state index in [0.717, 1.165) is 29.2 Å². The minimum Gasteiger partial charge on any atom is -0.383 e. The molecule has 1 unspecified atom stereocenters. The maximum absolute atomic E-state index is 14.9. The van der Waals surface area contributed by atoms with E-state index in [9.17, 15) is 44.7 Å². The van der Waals surface area contributed by atoms with Gasteiger partial charge >= 0.3 is 12.8 Å². The van der Waals surface area contributed by atoms with Crippen LogP contribution in [-0.2, 0) is 17.5 Å². The highest BCUT2D eigenvalue weighted by Crippen LogP contribution is 2.32. The summed E-state index contributed by atoms with van der Waals surface area (Å²) in [5.41, 5.74) is -0.0220. The minimum absolute atomic E-state index is 0.00381. The third kappa shape index (κ3) is 7.22. The summed E-state index contributed by atoms with van der Waals surface area (Å²) in [7, 11) is 0. The summed E-state index contributed by atoms with van der Waals surface area (Å²) in [6.45, 7) is -4.11. The smallest absolute Gasteiger partial charge is 0.383 e. The summed E-state index contributed by atoms with van der Waals surface area (Å²) in [4.78, 5) is 36.2. The van der Waals surface area contributed by atoms with Gasteiger partial charge < -0.3 is 15.8 Å². The van der Waals surface area contributed by atoms with Crippen molar-refractivity contribution in [3.63, 3.8) is 0 Å². The average molecular weight is 620 g/mol. The summed E-state index contributed by atoms with van der Waals surface area (Å²) in [6.07, 6.45) is -5.62. The predicted molar refractivity (Wildman–Crippen MR) is 135 cm³/mol. The maximum atomic E-state index is 14.9. The number of H-pyrrole nitrogens is 1. The van der Waals surface area contributed by atoms with E-state index in [4.69, 9.17) is 5.73 Å². The second-order valence-electron chi connectivity index (χ2n) is 8.99. The van der Waals surface area contributed by atoms with E-state index < -0.39 is 71.4 Å². The van der Waals surface area contributed by atoms with E-state index in [1.165, 1.54) is 0 Å². The third-order valence-electron chi connectivity index (χ3n) is 6.11. The zero-order chi connectivity index (χ0) is 31.5. The number of nitrogens with zero attached hydrogens (tertiary/aromatic N) is 5. The van der Waals surface area contributed by atoms with Gasteiger partial charge in [-0.1, -0.05) is 0 Å². The van der Waals surface area contributed by atoms with E-state index in [0.29, 0.717) is 6.20 Å². The lowest BCUT2D eigenvalue weighted by Gasteiger charge is -2.22. The summed E-state index contributed by atoms with van der Waals surface area (Å²) in [6, 6.07) is 0.797. The quantitative estimate of drug-likeness (QED) is 0.210. The Kier molecular flexibility index (Phi) is 9.22. The van der Waals surface area contributed by atoms with Gasteiger partial charge in [-0.15, -0.1) is 0 Å². The van der Waals surface area contributed by atoms with Crippen LogP contribution in [0.15, 0.2) is 40.4 Å². The van der Waals surface area contributed by atoms with Crippen LogP contribution in [0.4, 0.5) is 46.6 Å². The summed E-state index contributed by atoms with van der Waals surface area (Å²) in [5, 5.41) is 7.13. The fourth-order valence-corrected chi connectivity index (χ4v) is 4.11. The molecular formula is C24H20F8N8O3. The van der Waals surface area contributed by atoms with Crippen molar-refractivity contribution in [3.05, 3.63) is 68.5 Å². The molecular weight excluding hydrogens is 600 g/mol. The van der Waals surface area contributed by atoms with Gasteiger partial charge in [0.05, 0.1) is 46.8 Å². The van der Waals surface area contributed by atoms with Crippen molar-refractivity contribution >= 4 is 22.4 Å². The lowest BCUT2D eigenvalue weighted by molar-refractivity contribution is -0.138. The number of alkyl halides is 7. The average Bonchev–Trinajstić information content (AvgIpc) is 2.92. The van der Waals surface area contributed by atoms with Crippen LogP contribution in [-0.4, -0.2) is 49.0 Å². The number of aromatic amines is 1. The Morgan fingerprint density at radius 3 is 2.49 bits per heavy atom. The van der Waals surface area contributed by atoms with E-state index in [1.54, 1.807) is 5.10 Å². The molecule has 0 bridgehead atoms. The molecule has 0 saturated heterocycles. The molecule has 230 valence electrons. The van der Waals surface area contributed by atoms with Gasteiger partial charge in [0.1, 0.15) is 17.2 Å². The molecule has 11 nitrogen and oxygen atoms in total. The zero-order valence-electron chi connectivity index (χ0n) is 21.5. The molecule has 0 amide bonds. The Bertz CT molecular complexity index is 1730. The van der Waals surface area contributed by atoms with Crippen LogP contribution >= 0.6 is 0 Å². The van der Waals surface area contributed by atoms with Crippen LogP contribution in [0.5, 0.6) is 0 Å². The molecule has 19 heteroatoms. The molecule has 0 spiro atoms. The second-order valence-corrected chi connectivity index (χ2v) is 8.99. The van der Waals surface area contributed by atoms with Gasteiger partial charge in [0.15, 0.2) is 5.82 Å². The molecule has 0 aliphatic rings. The zero-order valence-corrected chi connectivity index (χ0v) is 21.5. The number of nitrogens with one attached hydrogen (secondary N) is 2. The van der Waals surface area contributed by atoms with Crippen molar-refractivity contribution in [2.75, 3.05) is 17.7 Å². The maximum Gasteiger partial charge on any atom is 0.423 e. The number of hydrogen-bond donors (Lipinski definition) is 3. The van der Waals surface area contributed by atoms with Gasteiger partial charge in [0.2, 0.25) is 0 Å². The van der Waals surface area contributed by atoms with E-state index in [1.807, 2.05) is 0 Å². The van der Waals surface area contributed by atoms with Crippen molar-refractivity contribution in [1.29, 1.82) is 0 Å². The van der Waals surface area contributed by atoms with Crippen molar-refractivity contribution in [1.82, 2.24) is 29.7 Å². The highest BCUT2D eigenvalue weighted by molar-refractivity contribution is 5.82. The number of aromatic nitrogens is 6. The van der Waals surface area contributed by atoms with E-state index in [-0.39, 0.29) is 41.7 Å². The SMILES string of the molecule is Nc1nc(-c2cc3ncn(CCCC(COC(F)F)Nc4cn[nH]c(=O)c4C(F)(F)F)c(=O)c3cc2F)ncc1C(F)F. The number of hydrogen-bond acceptors (Lipinski definition) is 9. The molecule has 0 radical (unpaired) electrons. The molecule has 0 aliphatic carbocycles. The van der Waals surface area contributed by atoms with Crippen LogP contribution in [0.1, 0.15) is 30.4 Å². The van der Waals surface area contributed by atoms with Crippen LogP contribution in [0, 0.1) is 5.82 Å². The molecule has 1 aromatic carbocycles. The number of fused-ring (bicyclic) bond motifs is 1. The Balaban J connectivity index is 1.54. The summed E-state index contributed by atoms with van der Waals surface area (Å²) >= 11 is 0. The molecule has 4 aromatic rings. The first kappa shape index (κ1) is 31.3. The normalized spacial score (nSPS) is 12.8. The fraction of sp³-hybridized carbons (Fsp3) is 0.333. The van der Waals surface area contributed by atoms with Gasteiger partial charge in [-0.2, -0.15) is 27.1 Å². The third-order valence-corrected chi connectivity index (χ3v) is 6.11. The van der Waals surface area contributed by atoms with E-state index in [2.05, 4.69) is 30.1 Å². The molecule has 0 saturated carbocycles. The number of anilines is 2. The van der Waals surface area contributed by atoms with Crippen molar-refractivity contribution in [3.8, 4) is 11.4 Å². The van der Waals surface area contributed by atoms with Gasteiger partial charge in [-0.25, -0.2) is 33.2 Å². The lowest BCUT2D eigenvalue weighted by atomic mass is 10.1. The highest BCUT2D eigenvalue weighted by atomic mass is 19.4. The van der Waals surface area contributed by atoms with Crippen LogP contribution < -0.4 is 22.2 Å². The number of halogens is 8. The second kappa shape index (κ2) is 12.7. The Labute approximate surface area is 234 Å². The predicted octanol–water partition coefficient (Wildman–Crippen LogP) is 4.11. The summed E-state index contributed by atoms with van der Waals surface area (Å²) in [5.74, 6) is -1.85. The van der Waals surface area contributed by atoms with Crippen LogP contribution in [0.3, 0.4) is 0 Å². The number of nitrogens with two attached hydrogens (primary N) is 1. The van der Waals surface area contributed by atoms with Gasteiger partial charge in [0.25, 0.3) is 17.5 Å². The Morgan fingerprint density at radius 2 is 1.84 bits per heavy atom. The monoisotopic (exact) mass is 620 g/mol. The minimum atomic E-state index is -5.08. The Hall–Kier alpha value is -4.68. The van der Waals surface area contributed by atoms with E-state index >= 15 is 0 Å². The summed E-state index contributed by atoms with van der Waals surface area (Å²) < 4.78 is 112. The number of nitrogen functional groups attached to an aromatic ring is 1. The van der Waals surface area contributed by atoms with Crippen LogP contribution in [0.25, 0.3) is 22.3 Å². The molecule has 3 heterocycles. The van der Waals surface area contributed by atoms with Crippen molar-refractivity contribution < 1.29 is 39.9 Å². The molecule has 1 atom stereocenters. The molecule has 0 aliphatic heterocycles. The van der Waals surface area contributed by atoms with Crippen molar-refractivity contribution in [2.45, 2.75) is 44.6 Å². The van der Waals surface area contributed by atoms with Crippen LogP contribution in [0.2, 0.25) is 0 Å². The fourth-order valence-electron chi connectivity index (χ4n) is 4.11. The molecule has 43 heavy (non-hydrogen) atoms. The first-order valence-corrected chi connectivity index (χ1v) is 12.2. The molecule has 3 aromatic heterocycles. The lowest BCUT2D eigenvalue weighted by Crippen LogP contribution is -2.32. The van der Waals surface area contributed by atoms with Gasteiger partial charge in [0, 0.05) is 18.8 Å². The molecule has 4 rings (SSSR count).